The maximum absolute atomic E-state index is 11.8. The molecule has 1 radical (unpaired) electrons. The van der Waals surface area contributed by atoms with Crippen LogP contribution in [0.25, 0.3) is 0 Å². The molecule has 0 heterocycles. The second kappa shape index (κ2) is 5.88. The molecule has 1 fully saturated rings. The summed E-state index contributed by atoms with van der Waals surface area (Å²) in [5.41, 5.74) is 0.542. The molecule has 1 aliphatic rings. The Bertz CT molecular complexity index is 428. The molecule has 1 aliphatic carbocycles. The van der Waals surface area contributed by atoms with Crippen LogP contribution in [0.5, 0.6) is 0 Å². The Balaban J connectivity index is 1.92. The highest BCUT2D eigenvalue weighted by Gasteiger charge is 2.21. The van der Waals surface area contributed by atoms with Crippen molar-refractivity contribution in [2.45, 2.75) is 45.3 Å². The van der Waals surface area contributed by atoms with Crippen molar-refractivity contribution in [3.63, 3.8) is 0 Å². The zero-order chi connectivity index (χ0) is 13.9. The summed E-state index contributed by atoms with van der Waals surface area (Å²) in [7, 11) is -1.32. The third kappa shape index (κ3) is 3.91. The number of carbonyl (C=O) groups excluding carboxylic acids is 1. The van der Waals surface area contributed by atoms with Gasteiger partial charge in [0.05, 0.1) is 13.6 Å². The van der Waals surface area contributed by atoms with Gasteiger partial charge in [-0.25, -0.2) is 4.79 Å². The Morgan fingerprint density at radius 1 is 1.05 bits per heavy atom. The van der Waals surface area contributed by atoms with Crippen molar-refractivity contribution in [2.24, 2.45) is 0 Å². The topological polar surface area (TPSA) is 35.5 Å². The van der Waals surface area contributed by atoms with Crippen molar-refractivity contribution < 1.29 is 14.6 Å². The van der Waals surface area contributed by atoms with Crippen molar-refractivity contribution in [1.29, 1.82) is 0 Å². The molecule has 0 aliphatic heterocycles. The lowest BCUT2D eigenvalue weighted by Gasteiger charge is -2.16. The van der Waals surface area contributed by atoms with Crippen LogP contribution in [0.3, 0.4) is 0 Å². The zero-order valence-corrected chi connectivity index (χ0v) is 12.9. The van der Waals surface area contributed by atoms with Gasteiger partial charge in [0.2, 0.25) is 0 Å². The fourth-order valence-electron chi connectivity index (χ4n) is 2.10. The Labute approximate surface area is 115 Å². The SMILES string of the molecule is C[Si](C)(C)c1ccc(C(=O)OO[C]2CCCC2)cc1. The molecule has 0 unspecified atom stereocenters. The van der Waals surface area contributed by atoms with Gasteiger partial charge in [-0.05, 0) is 25.0 Å². The van der Waals surface area contributed by atoms with Crippen LogP contribution >= 0.6 is 0 Å². The first-order chi connectivity index (χ1) is 8.97. The Kier molecular flexibility index (Phi) is 4.42. The number of carbonyl (C=O) groups is 1. The van der Waals surface area contributed by atoms with E-state index in [1.54, 1.807) is 0 Å². The lowest BCUT2D eigenvalue weighted by molar-refractivity contribution is -0.234. The van der Waals surface area contributed by atoms with E-state index in [1.807, 2.05) is 24.3 Å². The van der Waals surface area contributed by atoms with Crippen molar-refractivity contribution in [1.82, 2.24) is 0 Å². The summed E-state index contributed by atoms with van der Waals surface area (Å²) in [5.74, 6) is -0.415. The van der Waals surface area contributed by atoms with Crippen LogP contribution in [0.1, 0.15) is 36.0 Å². The molecule has 0 N–H and O–H groups in total. The molecular weight excluding hydrogens is 256 g/mol. The van der Waals surface area contributed by atoms with Crippen LogP contribution < -0.4 is 5.19 Å². The van der Waals surface area contributed by atoms with Crippen molar-refractivity contribution in [3.05, 3.63) is 35.9 Å². The summed E-state index contributed by atoms with van der Waals surface area (Å²) >= 11 is 0. The van der Waals surface area contributed by atoms with Crippen LogP contribution in [-0.2, 0) is 9.78 Å². The van der Waals surface area contributed by atoms with E-state index in [1.165, 1.54) is 5.19 Å². The van der Waals surface area contributed by atoms with Gasteiger partial charge < -0.3 is 0 Å². The largest absolute Gasteiger partial charge is 0.373 e. The highest BCUT2D eigenvalue weighted by molar-refractivity contribution is 6.88. The molecule has 3 nitrogen and oxygen atoms in total. The van der Waals surface area contributed by atoms with Gasteiger partial charge in [-0.1, -0.05) is 49.8 Å². The molecule has 19 heavy (non-hydrogen) atoms. The highest BCUT2D eigenvalue weighted by Crippen LogP contribution is 2.28. The number of rotatable bonds is 4. The first kappa shape index (κ1) is 14.3. The van der Waals surface area contributed by atoms with Crippen LogP contribution in [0.2, 0.25) is 19.6 Å². The minimum atomic E-state index is -1.32. The number of hydrogen-bond acceptors (Lipinski definition) is 3. The van der Waals surface area contributed by atoms with E-state index in [9.17, 15) is 4.79 Å². The molecule has 1 saturated carbocycles. The molecule has 0 atom stereocenters. The van der Waals surface area contributed by atoms with Crippen molar-refractivity contribution in [2.75, 3.05) is 0 Å². The third-order valence-corrected chi connectivity index (χ3v) is 5.45. The summed E-state index contributed by atoms with van der Waals surface area (Å²) < 4.78 is 0. The van der Waals surface area contributed by atoms with Crippen molar-refractivity contribution >= 4 is 19.2 Å². The summed E-state index contributed by atoms with van der Waals surface area (Å²) in [5, 5.41) is 1.33. The summed E-state index contributed by atoms with van der Waals surface area (Å²) in [6.45, 7) is 6.83. The van der Waals surface area contributed by atoms with Gasteiger partial charge in [-0.15, -0.1) is 0 Å². The second-order valence-corrected chi connectivity index (χ2v) is 11.1. The first-order valence-corrected chi connectivity index (χ1v) is 10.3. The van der Waals surface area contributed by atoms with Gasteiger partial charge in [0.25, 0.3) is 0 Å². The van der Waals surface area contributed by atoms with E-state index in [4.69, 9.17) is 9.78 Å². The monoisotopic (exact) mass is 277 g/mol. The average Bonchev–Trinajstić information content (AvgIpc) is 2.88. The predicted molar refractivity (Wildman–Crippen MR) is 77.6 cm³/mol. The number of hydrogen-bond donors (Lipinski definition) is 0. The van der Waals surface area contributed by atoms with Crippen LogP contribution in [-0.4, -0.2) is 14.0 Å². The van der Waals surface area contributed by atoms with Crippen molar-refractivity contribution in [3.8, 4) is 0 Å². The highest BCUT2D eigenvalue weighted by atomic mass is 28.3. The van der Waals surface area contributed by atoms with Gasteiger partial charge in [-0.3, -0.25) is 4.89 Å². The average molecular weight is 277 g/mol. The molecule has 0 aromatic heterocycles. The first-order valence-electron chi connectivity index (χ1n) is 6.81. The fraction of sp³-hybridized carbons (Fsp3) is 0.467. The zero-order valence-electron chi connectivity index (χ0n) is 11.9. The van der Waals surface area contributed by atoms with Gasteiger partial charge in [0.1, 0.15) is 6.10 Å². The normalized spacial score (nSPS) is 16.6. The van der Waals surface area contributed by atoms with E-state index in [0.717, 1.165) is 31.8 Å². The van der Waals surface area contributed by atoms with Gasteiger partial charge >= 0.3 is 5.97 Å². The third-order valence-electron chi connectivity index (χ3n) is 3.38. The summed E-state index contributed by atoms with van der Waals surface area (Å²) in [4.78, 5) is 21.8. The Morgan fingerprint density at radius 3 is 2.16 bits per heavy atom. The maximum Gasteiger partial charge on any atom is 0.373 e. The molecule has 0 amide bonds. The molecule has 0 spiro atoms. The summed E-state index contributed by atoms with van der Waals surface area (Å²) in [6, 6.07) is 7.67. The molecule has 4 heteroatoms. The minimum absolute atomic E-state index is 0.415. The van der Waals surface area contributed by atoms with E-state index in [2.05, 4.69) is 19.6 Å². The van der Waals surface area contributed by atoms with Crippen LogP contribution in [0, 0.1) is 6.10 Å². The van der Waals surface area contributed by atoms with Crippen LogP contribution in [0.15, 0.2) is 24.3 Å². The van der Waals surface area contributed by atoms with E-state index in [-0.39, 0.29) is 0 Å². The van der Waals surface area contributed by atoms with Gasteiger partial charge in [0.15, 0.2) is 0 Å². The standard InChI is InChI=1S/C15H21O3Si/c1-19(2,3)14-10-8-12(9-11-14)15(16)18-17-13-6-4-5-7-13/h8-11H,4-7H2,1-3H3. The minimum Gasteiger partial charge on any atom is -0.292 e. The van der Waals surface area contributed by atoms with Gasteiger partial charge in [0, 0.05) is 0 Å². The smallest absolute Gasteiger partial charge is 0.292 e. The maximum atomic E-state index is 11.8. The number of benzene rings is 1. The Hall–Kier alpha value is -1.13. The van der Waals surface area contributed by atoms with Gasteiger partial charge in [-0.2, -0.15) is 4.89 Å². The molecule has 0 saturated heterocycles. The predicted octanol–water partition coefficient (Wildman–Crippen LogP) is 3.43. The van der Waals surface area contributed by atoms with E-state index < -0.39 is 14.0 Å². The lowest BCUT2D eigenvalue weighted by Crippen LogP contribution is -2.37. The molecule has 2 rings (SSSR count). The molecule has 103 valence electrons. The van der Waals surface area contributed by atoms with Crippen LogP contribution in [0.4, 0.5) is 0 Å². The quantitative estimate of drug-likeness (QED) is 0.480. The molecule has 1 aromatic rings. The summed E-state index contributed by atoms with van der Waals surface area (Å²) in [6.07, 6.45) is 4.94. The van der Waals surface area contributed by atoms with E-state index in [0.29, 0.717) is 5.56 Å². The Morgan fingerprint density at radius 2 is 1.63 bits per heavy atom. The van der Waals surface area contributed by atoms with E-state index >= 15 is 0 Å². The fourth-order valence-corrected chi connectivity index (χ4v) is 3.27. The second-order valence-electron chi connectivity index (χ2n) is 6.03. The molecule has 1 aromatic carbocycles. The molecular formula is C15H21O3Si. The molecule has 0 bridgehead atoms. The lowest BCUT2D eigenvalue weighted by atomic mass is 10.2.